The number of hydrogen-bond donors (Lipinski definition) is 1. The number of hydrogen-bond acceptors (Lipinski definition) is 4. The maximum atomic E-state index is 14.1. The third-order valence-corrected chi connectivity index (χ3v) is 3.40. The van der Waals surface area contributed by atoms with E-state index in [0.29, 0.717) is 22.8 Å². The molecule has 0 amide bonds. The van der Waals surface area contributed by atoms with Crippen molar-refractivity contribution in [2.45, 2.75) is 6.92 Å². The summed E-state index contributed by atoms with van der Waals surface area (Å²) < 4.78 is 24.6. The molecule has 0 unspecified atom stereocenters. The summed E-state index contributed by atoms with van der Waals surface area (Å²) in [7, 11) is 0. The number of fused-ring (bicyclic) bond motifs is 1. The van der Waals surface area contributed by atoms with Crippen LogP contribution in [0.15, 0.2) is 18.2 Å². The van der Waals surface area contributed by atoms with Crippen molar-refractivity contribution in [2.75, 3.05) is 12.5 Å². The van der Waals surface area contributed by atoms with E-state index in [0.717, 1.165) is 0 Å². The normalized spacial score (nSPS) is 12.8. The number of nitrogens with zero attached hydrogens (tertiary/aromatic N) is 1. The molecule has 98 valence electrons. The van der Waals surface area contributed by atoms with Crippen LogP contribution < -0.4 is 15.2 Å². The van der Waals surface area contributed by atoms with E-state index in [4.69, 9.17) is 26.8 Å². The lowest BCUT2D eigenvalue weighted by atomic mass is 10.1. The minimum absolute atomic E-state index is 0.0955. The van der Waals surface area contributed by atoms with Gasteiger partial charge < -0.3 is 15.2 Å². The number of aromatic nitrogens is 1. The first-order valence-electron chi connectivity index (χ1n) is 5.59. The van der Waals surface area contributed by atoms with Crippen molar-refractivity contribution in [2.24, 2.45) is 0 Å². The quantitative estimate of drug-likeness (QED) is 0.872. The third-order valence-electron chi connectivity index (χ3n) is 2.92. The van der Waals surface area contributed by atoms with E-state index >= 15 is 0 Å². The molecule has 0 aliphatic carbocycles. The Hall–Kier alpha value is -2.01. The Morgan fingerprint density at radius 3 is 2.84 bits per heavy atom. The lowest BCUT2D eigenvalue weighted by Crippen LogP contribution is -2.00. The van der Waals surface area contributed by atoms with Crippen LogP contribution in [0.5, 0.6) is 11.5 Å². The first-order valence-corrected chi connectivity index (χ1v) is 5.97. The first kappa shape index (κ1) is 12.0. The van der Waals surface area contributed by atoms with Crippen LogP contribution in [0.1, 0.15) is 5.69 Å². The maximum absolute atomic E-state index is 14.1. The summed E-state index contributed by atoms with van der Waals surface area (Å²) in [5, 5.41) is 0.141. The molecule has 0 bridgehead atoms. The highest BCUT2D eigenvalue weighted by atomic mass is 35.5. The largest absolute Gasteiger partial charge is 0.454 e. The lowest BCUT2D eigenvalue weighted by Gasteiger charge is -2.09. The van der Waals surface area contributed by atoms with Gasteiger partial charge in [0.1, 0.15) is 5.69 Å². The smallest absolute Gasteiger partial charge is 0.231 e. The molecule has 1 aromatic carbocycles. The van der Waals surface area contributed by atoms with Crippen molar-refractivity contribution in [3.8, 4) is 22.8 Å². The van der Waals surface area contributed by atoms with E-state index in [-0.39, 0.29) is 23.2 Å². The highest BCUT2D eigenvalue weighted by Crippen LogP contribution is 2.38. The second-order valence-electron chi connectivity index (χ2n) is 4.16. The summed E-state index contributed by atoms with van der Waals surface area (Å²) in [5.41, 5.74) is 6.73. The second kappa shape index (κ2) is 4.28. The minimum Gasteiger partial charge on any atom is -0.454 e. The van der Waals surface area contributed by atoms with Gasteiger partial charge in [0.05, 0.1) is 16.4 Å². The molecule has 0 saturated carbocycles. The number of nitrogen functional groups attached to an aromatic ring is 1. The van der Waals surface area contributed by atoms with E-state index in [2.05, 4.69) is 4.98 Å². The Morgan fingerprint density at radius 2 is 2.05 bits per heavy atom. The van der Waals surface area contributed by atoms with Crippen molar-refractivity contribution in [3.05, 3.63) is 34.7 Å². The fraction of sp³-hybridized carbons (Fsp3) is 0.154. The average Bonchev–Trinajstić information content (AvgIpc) is 2.87. The van der Waals surface area contributed by atoms with E-state index in [1.165, 1.54) is 0 Å². The number of nitrogens with two attached hydrogens (primary N) is 1. The fourth-order valence-electron chi connectivity index (χ4n) is 1.92. The van der Waals surface area contributed by atoms with E-state index < -0.39 is 5.82 Å². The standard InChI is InChI=1S/C13H10ClFN2O2/c1-6-10(14)12(16)11(15)13(17-6)7-2-3-8-9(4-7)19-5-18-8/h2-4H,5H2,1H3,(H2,16,17). The van der Waals surface area contributed by atoms with Gasteiger partial charge in [-0.2, -0.15) is 0 Å². The summed E-state index contributed by atoms with van der Waals surface area (Å²) in [5.74, 6) is 0.558. The molecule has 0 atom stereocenters. The van der Waals surface area contributed by atoms with Crippen molar-refractivity contribution in [1.82, 2.24) is 4.98 Å². The van der Waals surface area contributed by atoms with Gasteiger partial charge in [-0.1, -0.05) is 11.6 Å². The highest BCUT2D eigenvalue weighted by molar-refractivity contribution is 6.33. The Balaban J connectivity index is 2.17. The molecular formula is C13H10ClFN2O2. The zero-order chi connectivity index (χ0) is 13.6. The Morgan fingerprint density at radius 1 is 1.32 bits per heavy atom. The molecule has 19 heavy (non-hydrogen) atoms. The average molecular weight is 281 g/mol. The molecule has 2 N–H and O–H groups in total. The summed E-state index contributed by atoms with van der Waals surface area (Å²) in [6.45, 7) is 1.84. The number of ether oxygens (including phenoxy) is 2. The number of aryl methyl sites for hydroxylation is 1. The van der Waals surface area contributed by atoms with Crippen molar-refractivity contribution in [3.63, 3.8) is 0 Å². The van der Waals surface area contributed by atoms with Crippen LogP contribution in [-0.4, -0.2) is 11.8 Å². The number of anilines is 1. The SMILES string of the molecule is Cc1nc(-c2ccc3c(c2)OCO3)c(F)c(N)c1Cl. The highest BCUT2D eigenvalue weighted by Gasteiger charge is 2.19. The van der Waals surface area contributed by atoms with E-state index in [9.17, 15) is 4.39 Å². The Kier molecular flexibility index (Phi) is 2.71. The maximum Gasteiger partial charge on any atom is 0.231 e. The molecule has 0 radical (unpaired) electrons. The minimum atomic E-state index is -0.630. The summed E-state index contributed by atoms with van der Waals surface area (Å²) in [6, 6.07) is 5.07. The van der Waals surface area contributed by atoms with Gasteiger partial charge in [-0.25, -0.2) is 9.37 Å². The van der Waals surface area contributed by atoms with E-state index in [1.54, 1.807) is 25.1 Å². The topological polar surface area (TPSA) is 57.4 Å². The molecule has 4 nitrogen and oxygen atoms in total. The number of halogens is 2. The van der Waals surface area contributed by atoms with Crippen molar-refractivity contribution in [1.29, 1.82) is 0 Å². The molecular weight excluding hydrogens is 271 g/mol. The van der Waals surface area contributed by atoms with Gasteiger partial charge in [0.25, 0.3) is 0 Å². The van der Waals surface area contributed by atoms with Crippen LogP contribution in [-0.2, 0) is 0 Å². The van der Waals surface area contributed by atoms with Crippen LogP contribution in [0.4, 0.5) is 10.1 Å². The zero-order valence-corrected chi connectivity index (χ0v) is 10.8. The van der Waals surface area contributed by atoms with Gasteiger partial charge in [-0.15, -0.1) is 0 Å². The summed E-state index contributed by atoms with van der Waals surface area (Å²) >= 11 is 5.86. The second-order valence-corrected chi connectivity index (χ2v) is 4.53. The van der Waals surface area contributed by atoms with Crippen molar-refractivity contribution < 1.29 is 13.9 Å². The molecule has 1 aromatic heterocycles. The van der Waals surface area contributed by atoms with Crippen LogP contribution in [0.25, 0.3) is 11.3 Å². The van der Waals surface area contributed by atoms with Crippen LogP contribution >= 0.6 is 11.6 Å². The van der Waals surface area contributed by atoms with E-state index in [1.807, 2.05) is 0 Å². The molecule has 0 spiro atoms. The molecule has 1 aliphatic heterocycles. The van der Waals surface area contributed by atoms with Crippen molar-refractivity contribution >= 4 is 17.3 Å². The Bertz CT molecular complexity index is 676. The number of rotatable bonds is 1. The van der Waals surface area contributed by atoms with Crippen LogP contribution in [0.3, 0.4) is 0 Å². The lowest BCUT2D eigenvalue weighted by molar-refractivity contribution is 0.174. The molecule has 2 aromatic rings. The molecule has 1 aliphatic rings. The predicted octanol–water partition coefficient (Wildman–Crippen LogP) is 3.16. The Labute approximate surface area is 113 Å². The third kappa shape index (κ3) is 1.86. The first-order chi connectivity index (χ1) is 9.08. The van der Waals surface area contributed by atoms with Gasteiger partial charge in [-0.05, 0) is 25.1 Å². The fourth-order valence-corrected chi connectivity index (χ4v) is 2.05. The summed E-state index contributed by atoms with van der Waals surface area (Å²) in [6.07, 6.45) is 0. The number of pyridine rings is 1. The summed E-state index contributed by atoms with van der Waals surface area (Å²) in [4.78, 5) is 4.15. The molecule has 3 rings (SSSR count). The van der Waals surface area contributed by atoms with Gasteiger partial charge >= 0.3 is 0 Å². The molecule has 0 fully saturated rings. The van der Waals surface area contributed by atoms with Gasteiger partial charge in [-0.3, -0.25) is 0 Å². The van der Waals surface area contributed by atoms with Gasteiger partial charge in [0.15, 0.2) is 17.3 Å². The van der Waals surface area contributed by atoms with Gasteiger partial charge in [0.2, 0.25) is 6.79 Å². The molecule has 0 saturated heterocycles. The number of benzene rings is 1. The monoisotopic (exact) mass is 280 g/mol. The molecule has 6 heteroatoms. The van der Waals surface area contributed by atoms with Crippen LogP contribution in [0.2, 0.25) is 5.02 Å². The van der Waals surface area contributed by atoms with Gasteiger partial charge in [0, 0.05) is 5.56 Å². The molecule has 2 heterocycles. The zero-order valence-electron chi connectivity index (χ0n) is 10.0. The predicted molar refractivity (Wildman–Crippen MR) is 69.9 cm³/mol. The van der Waals surface area contributed by atoms with Crippen LogP contribution in [0, 0.1) is 12.7 Å².